The zero-order chi connectivity index (χ0) is 21.0. The van der Waals surface area contributed by atoms with Gasteiger partial charge in [0.05, 0.1) is 0 Å². The first-order valence-electron chi connectivity index (χ1n) is 9.45. The van der Waals surface area contributed by atoms with Crippen molar-refractivity contribution >= 4 is 55.7 Å². The normalized spacial score (nSPS) is 13.2. The Morgan fingerprint density at radius 1 is 0.556 bits per heavy atom. The summed E-state index contributed by atoms with van der Waals surface area (Å²) < 4.78 is 0. The van der Waals surface area contributed by atoms with Crippen LogP contribution in [0, 0.1) is 55.4 Å². The third-order valence-electron chi connectivity index (χ3n) is 6.99. The van der Waals surface area contributed by atoms with Crippen molar-refractivity contribution in [2.45, 2.75) is 74.0 Å². The first kappa shape index (κ1) is 23.7. The lowest BCUT2D eigenvalue weighted by molar-refractivity contribution is 1.06. The van der Waals surface area contributed by atoms with E-state index in [1.807, 2.05) is 0 Å². The summed E-state index contributed by atoms with van der Waals surface area (Å²) in [6.07, 6.45) is 0. The Kier molecular flexibility index (Phi) is 7.25. The molecule has 0 amide bonds. The van der Waals surface area contributed by atoms with E-state index in [2.05, 4.69) is 106 Å². The zero-order valence-electron chi connectivity index (χ0n) is 18.2. The summed E-state index contributed by atoms with van der Waals surface area (Å²) in [4.78, 5) is 0. The lowest BCUT2D eigenvalue weighted by atomic mass is 9.86. The molecule has 0 N–H and O–H groups in total. The molecule has 0 radical (unpaired) electrons. The Balaban J connectivity index is 0.00000126. The summed E-state index contributed by atoms with van der Waals surface area (Å²) in [5.74, 6) is 0. The van der Waals surface area contributed by atoms with Gasteiger partial charge in [-0.2, -0.15) is 11.1 Å². The molecule has 0 atom stereocenters. The average molecular weight is 625 g/mol. The standard InChI is InChI=1S/C23H31ClSi.I2/c1-11-13(3)17(7)21-19(15(11)5)20-16(6)12(2)14(4)18(8)22(20)23(21)25(9,10)24;1-2/h23H,1-10H3;. The minimum atomic E-state index is -1.94. The van der Waals surface area contributed by atoms with Gasteiger partial charge in [-0.25, -0.2) is 0 Å². The molecule has 0 spiro atoms. The third-order valence-corrected chi connectivity index (χ3v) is 9.59. The van der Waals surface area contributed by atoms with Gasteiger partial charge in [-0.15, -0.1) is 0 Å². The van der Waals surface area contributed by atoms with Crippen LogP contribution >= 0.6 is 48.3 Å². The van der Waals surface area contributed by atoms with E-state index in [4.69, 9.17) is 11.1 Å². The van der Waals surface area contributed by atoms with Crippen LogP contribution in [0.1, 0.15) is 61.2 Å². The van der Waals surface area contributed by atoms with E-state index in [0.29, 0.717) is 5.54 Å². The second-order valence-electron chi connectivity index (χ2n) is 8.57. The molecular weight excluding hydrogens is 594 g/mol. The summed E-state index contributed by atoms with van der Waals surface area (Å²) >= 11 is 11.4. The Morgan fingerprint density at radius 2 is 0.815 bits per heavy atom. The van der Waals surface area contributed by atoms with Crippen molar-refractivity contribution in [2.75, 3.05) is 0 Å². The molecule has 3 rings (SSSR count). The van der Waals surface area contributed by atoms with Gasteiger partial charge in [0.25, 0.3) is 0 Å². The SMILES string of the molecule is Cc1c(C)c(C)c2c(c1C)-c1c(C)c(C)c(C)c(C)c1C2[Si](C)(C)Cl.II. The monoisotopic (exact) mass is 624 g/mol. The van der Waals surface area contributed by atoms with Crippen LogP contribution in [0.25, 0.3) is 11.1 Å². The van der Waals surface area contributed by atoms with Crippen molar-refractivity contribution in [3.63, 3.8) is 0 Å². The molecule has 1 aliphatic rings. The van der Waals surface area contributed by atoms with Crippen LogP contribution in [-0.4, -0.2) is 7.38 Å². The molecule has 2 aromatic rings. The fourth-order valence-electron chi connectivity index (χ4n) is 4.88. The van der Waals surface area contributed by atoms with E-state index in [1.54, 1.807) is 0 Å². The summed E-state index contributed by atoms with van der Waals surface area (Å²) in [6.45, 7) is 22.9. The largest absolute Gasteiger partial charge is 0.167 e. The predicted molar refractivity (Wildman–Crippen MR) is 143 cm³/mol. The molecular formula is C23H31ClI2Si. The minimum Gasteiger partial charge on any atom is -0.167 e. The summed E-state index contributed by atoms with van der Waals surface area (Å²) in [5.41, 5.74) is 18.0. The predicted octanol–water partition coefficient (Wildman–Crippen LogP) is 9.02. The number of benzene rings is 2. The highest BCUT2D eigenvalue weighted by atomic mass is 128. The fourth-order valence-corrected chi connectivity index (χ4v) is 7.63. The molecule has 4 heteroatoms. The molecule has 0 aromatic heterocycles. The molecule has 1 aliphatic carbocycles. The van der Waals surface area contributed by atoms with Crippen molar-refractivity contribution in [3.8, 4) is 11.1 Å². The number of fused-ring (bicyclic) bond motifs is 3. The van der Waals surface area contributed by atoms with E-state index >= 15 is 0 Å². The van der Waals surface area contributed by atoms with E-state index in [9.17, 15) is 0 Å². The summed E-state index contributed by atoms with van der Waals surface area (Å²) in [7, 11) is -1.94. The van der Waals surface area contributed by atoms with Crippen LogP contribution < -0.4 is 0 Å². The van der Waals surface area contributed by atoms with E-state index < -0.39 is 7.38 Å². The highest BCUT2D eigenvalue weighted by Gasteiger charge is 2.44. The molecule has 0 nitrogen and oxygen atoms in total. The molecule has 27 heavy (non-hydrogen) atoms. The topological polar surface area (TPSA) is 0 Å². The van der Waals surface area contributed by atoms with Crippen LogP contribution in [0.5, 0.6) is 0 Å². The second-order valence-corrected chi connectivity index (χ2v) is 15.2. The van der Waals surface area contributed by atoms with Crippen LogP contribution in [0.4, 0.5) is 0 Å². The van der Waals surface area contributed by atoms with Crippen molar-refractivity contribution in [1.82, 2.24) is 0 Å². The van der Waals surface area contributed by atoms with Crippen molar-refractivity contribution in [1.29, 1.82) is 0 Å². The van der Waals surface area contributed by atoms with Crippen LogP contribution in [0.2, 0.25) is 13.1 Å². The summed E-state index contributed by atoms with van der Waals surface area (Å²) in [6, 6.07) is 0. The molecule has 0 aliphatic heterocycles. The Morgan fingerprint density at radius 3 is 1.07 bits per heavy atom. The van der Waals surface area contributed by atoms with E-state index in [0.717, 1.165) is 0 Å². The third kappa shape index (κ3) is 3.57. The molecule has 0 heterocycles. The maximum Gasteiger partial charge on any atom is 0.162 e. The van der Waals surface area contributed by atoms with Crippen LogP contribution in [0.3, 0.4) is 0 Å². The van der Waals surface area contributed by atoms with E-state index in [-0.39, 0.29) is 0 Å². The molecule has 148 valence electrons. The molecule has 0 fully saturated rings. The molecule has 0 bridgehead atoms. The Bertz CT molecular complexity index is 854. The number of hydrogen-bond acceptors (Lipinski definition) is 0. The fraction of sp³-hybridized carbons (Fsp3) is 0.478. The van der Waals surface area contributed by atoms with Crippen molar-refractivity contribution < 1.29 is 0 Å². The number of hydrogen-bond donors (Lipinski definition) is 0. The Labute approximate surface area is 194 Å². The van der Waals surface area contributed by atoms with Gasteiger partial charge in [-0.05, 0) is 122 Å². The van der Waals surface area contributed by atoms with Gasteiger partial charge in [0.2, 0.25) is 0 Å². The van der Waals surface area contributed by atoms with Crippen LogP contribution in [-0.2, 0) is 0 Å². The number of halogens is 3. The highest BCUT2D eigenvalue weighted by Crippen LogP contribution is 2.56. The summed E-state index contributed by atoms with van der Waals surface area (Å²) in [5, 5.41) is 0. The lowest BCUT2D eigenvalue weighted by Gasteiger charge is -2.28. The molecule has 0 saturated heterocycles. The lowest BCUT2D eigenvalue weighted by Crippen LogP contribution is -2.29. The minimum absolute atomic E-state index is 0.384. The smallest absolute Gasteiger partial charge is 0.162 e. The van der Waals surface area contributed by atoms with Crippen LogP contribution in [0.15, 0.2) is 0 Å². The van der Waals surface area contributed by atoms with Gasteiger partial charge in [0.1, 0.15) is 0 Å². The van der Waals surface area contributed by atoms with Crippen molar-refractivity contribution in [3.05, 3.63) is 55.6 Å². The quantitative estimate of drug-likeness (QED) is 0.169. The first-order chi connectivity index (χ1) is 12.4. The zero-order valence-corrected chi connectivity index (χ0v) is 24.3. The van der Waals surface area contributed by atoms with Gasteiger partial charge in [0, 0.05) is 42.8 Å². The highest BCUT2D eigenvalue weighted by molar-refractivity contribution is 15.0. The molecule has 0 unspecified atom stereocenters. The van der Waals surface area contributed by atoms with Gasteiger partial charge < -0.3 is 0 Å². The van der Waals surface area contributed by atoms with Gasteiger partial charge in [-0.3, -0.25) is 0 Å². The maximum absolute atomic E-state index is 7.17. The van der Waals surface area contributed by atoms with Crippen molar-refractivity contribution in [2.24, 2.45) is 0 Å². The second kappa shape index (κ2) is 8.27. The maximum atomic E-state index is 7.17. The Hall–Kier alpha value is 0.407. The van der Waals surface area contributed by atoms with Gasteiger partial charge >= 0.3 is 0 Å². The average Bonchev–Trinajstić information content (AvgIpc) is 2.99. The van der Waals surface area contributed by atoms with Gasteiger partial charge in [-0.1, -0.05) is 13.1 Å². The van der Waals surface area contributed by atoms with E-state index in [1.165, 1.54) is 66.8 Å². The molecule has 2 aromatic carbocycles. The molecule has 0 saturated carbocycles. The number of rotatable bonds is 1. The van der Waals surface area contributed by atoms with Gasteiger partial charge in [0.15, 0.2) is 7.38 Å². The first-order valence-corrected chi connectivity index (χ1v) is 19.8.